The van der Waals surface area contributed by atoms with Gasteiger partial charge >= 0.3 is 0 Å². The largest absolute Gasteiger partial charge is 0.475 e. The van der Waals surface area contributed by atoms with Crippen LogP contribution in [0.4, 0.5) is 5.82 Å². The van der Waals surface area contributed by atoms with Crippen molar-refractivity contribution in [1.82, 2.24) is 9.97 Å². The van der Waals surface area contributed by atoms with Gasteiger partial charge in [0.1, 0.15) is 0 Å². The first-order valence-electron chi connectivity index (χ1n) is 7.61. The summed E-state index contributed by atoms with van der Waals surface area (Å²) in [6.45, 7) is 5.94. The third kappa shape index (κ3) is 3.24. The number of ether oxygens (including phenoxy) is 2. The molecule has 0 N–H and O–H groups in total. The van der Waals surface area contributed by atoms with E-state index in [-0.39, 0.29) is 0 Å². The first-order valence-corrected chi connectivity index (χ1v) is 7.61. The third-order valence-corrected chi connectivity index (χ3v) is 3.57. The topological polar surface area (TPSA) is 47.5 Å². The highest BCUT2D eigenvalue weighted by Crippen LogP contribution is 2.27. The number of hydrogen-bond acceptors (Lipinski definition) is 5. The van der Waals surface area contributed by atoms with Crippen molar-refractivity contribution in [2.45, 2.75) is 19.8 Å². The fourth-order valence-corrected chi connectivity index (χ4v) is 2.37. The van der Waals surface area contributed by atoms with Gasteiger partial charge in [-0.3, -0.25) is 0 Å². The quantitative estimate of drug-likeness (QED) is 0.791. The van der Waals surface area contributed by atoms with Gasteiger partial charge < -0.3 is 14.4 Å². The molecular weight excluding hydrogens is 266 g/mol. The van der Waals surface area contributed by atoms with E-state index in [1.165, 1.54) is 0 Å². The Kier molecular flexibility index (Phi) is 4.50. The molecule has 1 saturated heterocycles. The predicted molar refractivity (Wildman–Crippen MR) is 83.0 cm³/mol. The lowest BCUT2D eigenvalue weighted by molar-refractivity contribution is 0.122. The van der Waals surface area contributed by atoms with Crippen LogP contribution in [0.3, 0.4) is 0 Å². The second kappa shape index (κ2) is 6.72. The van der Waals surface area contributed by atoms with E-state index in [9.17, 15) is 0 Å². The minimum absolute atomic E-state index is 0.643. The molecule has 0 saturated carbocycles. The van der Waals surface area contributed by atoms with Crippen LogP contribution in [-0.2, 0) is 4.74 Å². The zero-order chi connectivity index (χ0) is 14.5. The van der Waals surface area contributed by atoms with E-state index in [0.29, 0.717) is 12.5 Å². The lowest BCUT2D eigenvalue weighted by Gasteiger charge is -2.28. The van der Waals surface area contributed by atoms with Crippen molar-refractivity contribution in [3.8, 4) is 5.88 Å². The summed E-state index contributed by atoms with van der Waals surface area (Å²) in [6.07, 6.45) is 2.13. The van der Waals surface area contributed by atoms with E-state index in [1.807, 2.05) is 24.3 Å². The van der Waals surface area contributed by atoms with E-state index in [4.69, 9.17) is 14.5 Å². The summed E-state index contributed by atoms with van der Waals surface area (Å²) in [4.78, 5) is 11.6. The zero-order valence-electron chi connectivity index (χ0n) is 12.4. The lowest BCUT2D eigenvalue weighted by atomic mass is 10.3. The zero-order valence-corrected chi connectivity index (χ0v) is 12.4. The summed E-state index contributed by atoms with van der Waals surface area (Å²) in [7, 11) is 0. The molecular formula is C16H21N3O2. The van der Waals surface area contributed by atoms with Crippen LogP contribution in [0.25, 0.3) is 11.0 Å². The van der Waals surface area contributed by atoms with Crippen LogP contribution in [-0.4, -0.2) is 42.9 Å². The summed E-state index contributed by atoms with van der Waals surface area (Å²) < 4.78 is 11.3. The van der Waals surface area contributed by atoms with Gasteiger partial charge in [-0.1, -0.05) is 25.5 Å². The molecule has 1 aliphatic heterocycles. The Bertz CT molecular complexity index is 597. The second-order valence-electron chi connectivity index (χ2n) is 5.14. The number of fused-ring (bicyclic) bond motifs is 1. The maximum Gasteiger partial charge on any atom is 0.258 e. The Labute approximate surface area is 124 Å². The number of morpholine rings is 1. The van der Waals surface area contributed by atoms with E-state index < -0.39 is 0 Å². The Morgan fingerprint density at radius 3 is 2.57 bits per heavy atom. The molecule has 0 amide bonds. The summed E-state index contributed by atoms with van der Waals surface area (Å²) >= 11 is 0. The van der Waals surface area contributed by atoms with Gasteiger partial charge in [0.05, 0.1) is 30.9 Å². The maximum atomic E-state index is 5.88. The number of nitrogens with zero attached hydrogens (tertiary/aromatic N) is 3. The molecule has 0 bridgehead atoms. The highest BCUT2D eigenvalue weighted by Gasteiger charge is 2.19. The van der Waals surface area contributed by atoms with Crippen LogP contribution in [0, 0.1) is 0 Å². The Hall–Kier alpha value is -1.88. The van der Waals surface area contributed by atoms with Crippen LogP contribution in [0.15, 0.2) is 24.3 Å². The van der Waals surface area contributed by atoms with Gasteiger partial charge in [-0.05, 0) is 18.6 Å². The van der Waals surface area contributed by atoms with Gasteiger partial charge in [-0.15, -0.1) is 0 Å². The fraction of sp³-hybridized carbons (Fsp3) is 0.500. The van der Waals surface area contributed by atoms with Gasteiger partial charge in [-0.2, -0.15) is 0 Å². The number of benzene rings is 1. The van der Waals surface area contributed by atoms with Crippen LogP contribution in [0.1, 0.15) is 19.8 Å². The minimum atomic E-state index is 0.643. The number of para-hydroxylation sites is 2. The molecule has 5 heteroatoms. The van der Waals surface area contributed by atoms with Crippen molar-refractivity contribution >= 4 is 16.9 Å². The molecule has 0 atom stereocenters. The van der Waals surface area contributed by atoms with Crippen molar-refractivity contribution in [3.05, 3.63) is 24.3 Å². The predicted octanol–water partition coefficient (Wildman–Crippen LogP) is 2.65. The molecule has 1 fully saturated rings. The molecule has 0 aliphatic carbocycles. The van der Waals surface area contributed by atoms with Gasteiger partial charge in [0.15, 0.2) is 5.82 Å². The van der Waals surface area contributed by atoms with Crippen LogP contribution < -0.4 is 9.64 Å². The monoisotopic (exact) mass is 287 g/mol. The van der Waals surface area contributed by atoms with Crippen molar-refractivity contribution in [2.24, 2.45) is 0 Å². The standard InChI is InChI=1S/C16H21N3O2/c1-2-3-10-21-16-15(19-8-11-20-12-9-19)17-13-6-4-5-7-14(13)18-16/h4-7H,2-3,8-12H2,1H3. The van der Waals surface area contributed by atoms with Crippen LogP contribution >= 0.6 is 0 Å². The molecule has 21 heavy (non-hydrogen) atoms. The van der Waals surface area contributed by atoms with Crippen molar-refractivity contribution in [3.63, 3.8) is 0 Å². The van der Waals surface area contributed by atoms with Crippen LogP contribution in [0.5, 0.6) is 5.88 Å². The number of unbranched alkanes of at least 4 members (excludes halogenated alkanes) is 1. The van der Waals surface area contributed by atoms with Crippen LogP contribution in [0.2, 0.25) is 0 Å². The number of rotatable bonds is 5. The van der Waals surface area contributed by atoms with Crippen molar-refractivity contribution in [2.75, 3.05) is 37.8 Å². The minimum Gasteiger partial charge on any atom is -0.475 e. The third-order valence-electron chi connectivity index (χ3n) is 3.57. The van der Waals surface area contributed by atoms with Crippen molar-refractivity contribution in [1.29, 1.82) is 0 Å². The van der Waals surface area contributed by atoms with E-state index in [0.717, 1.165) is 56.0 Å². The maximum absolute atomic E-state index is 5.88. The summed E-state index contributed by atoms with van der Waals surface area (Å²) in [5.41, 5.74) is 1.78. The molecule has 3 rings (SSSR count). The second-order valence-corrected chi connectivity index (χ2v) is 5.14. The smallest absolute Gasteiger partial charge is 0.258 e. The Balaban J connectivity index is 1.94. The van der Waals surface area contributed by atoms with Gasteiger partial charge in [0.25, 0.3) is 5.88 Å². The highest BCUT2D eigenvalue weighted by molar-refractivity contribution is 5.77. The molecule has 0 radical (unpaired) electrons. The number of anilines is 1. The molecule has 2 aromatic rings. The first kappa shape index (κ1) is 14.1. The van der Waals surface area contributed by atoms with E-state index in [1.54, 1.807) is 0 Å². The lowest BCUT2D eigenvalue weighted by Crippen LogP contribution is -2.37. The van der Waals surface area contributed by atoms with E-state index >= 15 is 0 Å². The molecule has 5 nitrogen and oxygen atoms in total. The molecule has 0 unspecified atom stereocenters. The Morgan fingerprint density at radius 2 is 1.86 bits per heavy atom. The van der Waals surface area contributed by atoms with E-state index in [2.05, 4.69) is 16.8 Å². The normalized spacial score (nSPS) is 15.4. The average molecular weight is 287 g/mol. The van der Waals surface area contributed by atoms with Gasteiger partial charge in [0, 0.05) is 13.1 Å². The SMILES string of the molecule is CCCCOc1nc2ccccc2nc1N1CCOCC1. The first-order chi connectivity index (χ1) is 10.4. The molecule has 1 aliphatic rings. The summed E-state index contributed by atoms with van der Waals surface area (Å²) in [5.74, 6) is 1.48. The summed E-state index contributed by atoms with van der Waals surface area (Å²) in [6, 6.07) is 7.92. The number of hydrogen-bond donors (Lipinski definition) is 0. The number of aromatic nitrogens is 2. The molecule has 1 aromatic carbocycles. The Morgan fingerprint density at radius 1 is 1.14 bits per heavy atom. The molecule has 2 heterocycles. The average Bonchev–Trinajstić information content (AvgIpc) is 2.55. The fourth-order valence-electron chi connectivity index (χ4n) is 2.37. The van der Waals surface area contributed by atoms with Gasteiger partial charge in [-0.25, -0.2) is 9.97 Å². The molecule has 1 aromatic heterocycles. The molecule has 112 valence electrons. The summed E-state index contributed by atoms with van der Waals surface area (Å²) in [5, 5.41) is 0. The highest BCUT2D eigenvalue weighted by atomic mass is 16.5. The van der Waals surface area contributed by atoms with Gasteiger partial charge in [0.2, 0.25) is 0 Å². The van der Waals surface area contributed by atoms with Crippen molar-refractivity contribution < 1.29 is 9.47 Å². The molecule has 0 spiro atoms.